The summed E-state index contributed by atoms with van der Waals surface area (Å²) in [5.41, 5.74) is 3.90. The molecule has 0 unspecified atom stereocenters. The summed E-state index contributed by atoms with van der Waals surface area (Å²) >= 11 is 0. The first-order valence-electron chi connectivity index (χ1n) is 8.20. The van der Waals surface area contributed by atoms with Crippen molar-refractivity contribution in [3.05, 3.63) is 77.9 Å². The predicted octanol–water partition coefficient (Wildman–Crippen LogP) is 3.47. The summed E-state index contributed by atoms with van der Waals surface area (Å²) in [5.74, 6) is 0.517. The molecule has 6 heteroatoms. The van der Waals surface area contributed by atoms with Crippen LogP contribution in [0.15, 0.2) is 61.1 Å². The van der Waals surface area contributed by atoms with E-state index >= 15 is 0 Å². The third-order valence-corrected chi connectivity index (χ3v) is 3.79. The fourth-order valence-electron chi connectivity index (χ4n) is 2.48. The third-order valence-electron chi connectivity index (χ3n) is 3.79. The zero-order chi connectivity index (χ0) is 18.4. The van der Waals surface area contributed by atoms with E-state index in [0.29, 0.717) is 17.8 Å². The number of amides is 1. The highest BCUT2D eigenvalue weighted by Gasteiger charge is 2.09. The van der Waals surface area contributed by atoms with Crippen LogP contribution in [0, 0.1) is 6.92 Å². The molecule has 3 rings (SSSR count). The largest absolute Gasteiger partial charge is 0.495 e. The molecule has 2 N–H and O–H groups in total. The van der Waals surface area contributed by atoms with Gasteiger partial charge in [-0.2, -0.15) is 0 Å². The van der Waals surface area contributed by atoms with Crippen LogP contribution < -0.4 is 15.4 Å². The van der Waals surface area contributed by atoms with Crippen molar-refractivity contribution in [3.63, 3.8) is 0 Å². The van der Waals surface area contributed by atoms with E-state index in [-0.39, 0.29) is 5.91 Å². The second-order valence-corrected chi connectivity index (χ2v) is 5.79. The van der Waals surface area contributed by atoms with Gasteiger partial charge in [0.15, 0.2) is 0 Å². The number of ether oxygens (including phenoxy) is 1. The molecule has 0 radical (unpaired) electrons. The first kappa shape index (κ1) is 17.4. The van der Waals surface area contributed by atoms with Crippen LogP contribution in [0.3, 0.4) is 0 Å². The number of nitrogens with zero attached hydrogens (tertiary/aromatic N) is 2. The number of hydrogen-bond acceptors (Lipinski definition) is 5. The quantitative estimate of drug-likeness (QED) is 0.713. The van der Waals surface area contributed by atoms with Gasteiger partial charge < -0.3 is 15.4 Å². The van der Waals surface area contributed by atoms with Gasteiger partial charge in [-0.25, -0.2) is 0 Å². The lowest BCUT2D eigenvalue weighted by Gasteiger charge is -2.12. The highest BCUT2D eigenvalue weighted by Crippen LogP contribution is 2.28. The second kappa shape index (κ2) is 8.11. The Morgan fingerprint density at radius 2 is 2.04 bits per heavy atom. The van der Waals surface area contributed by atoms with E-state index in [1.165, 1.54) is 6.20 Å². The number of benzene rings is 1. The van der Waals surface area contributed by atoms with E-state index in [9.17, 15) is 4.79 Å². The summed E-state index contributed by atoms with van der Waals surface area (Å²) < 4.78 is 5.37. The van der Waals surface area contributed by atoms with Gasteiger partial charge in [-0.3, -0.25) is 14.8 Å². The monoisotopic (exact) mass is 348 g/mol. The minimum Gasteiger partial charge on any atom is -0.495 e. The van der Waals surface area contributed by atoms with Crippen LogP contribution in [-0.2, 0) is 6.54 Å². The fourth-order valence-corrected chi connectivity index (χ4v) is 2.48. The number of methoxy groups -OCH3 is 1. The van der Waals surface area contributed by atoms with Gasteiger partial charge in [-0.1, -0.05) is 12.1 Å². The van der Waals surface area contributed by atoms with Crippen molar-refractivity contribution < 1.29 is 9.53 Å². The maximum Gasteiger partial charge on any atom is 0.253 e. The smallest absolute Gasteiger partial charge is 0.253 e. The molecule has 132 valence electrons. The summed E-state index contributed by atoms with van der Waals surface area (Å²) in [6.45, 7) is 2.37. The summed E-state index contributed by atoms with van der Waals surface area (Å²) in [6, 6.07) is 13.2. The van der Waals surface area contributed by atoms with E-state index in [2.05, 4.69) is 20.6 Å². The zero-order valence-electron chi connectivity index (χ0n) is 14.7. The van der Waals surface area contributed by atoms with Crippen molar-refractivity contribution in [1.29, 1.82) is 0 Å². The van der Waals surface area contributed by atoms with Crippen LogP contribution >= 0.6 is 0 Å². The first-order valence-corrected chi connectivity index (χ1v) is 8.20. The second-order valence-electron chi connectivity index (χ2n) is 5.79. The van der Waals surface area contributed by atoms with Gasteiger partial charge in [-0.15, -0.1) is 0 Å². The van der Waals surface area contributed by atoms with Crippen molar-refractivity contribution in [1.82, 2.24) is 15.3 Å². The van der Waals surface area contributed by atoms with E-state index in [0.717, 1.165) is 22.7 Å². The maximum atomic E-state index is 12.4. The average Bonchev–Trinajstić information content (AvgIpc) is 2.67. The lowest BCUT2D eigenvalue weighted by Crippen LogP contribution is -2.23. The van der Waals surface area contributed by atoms with Gasteiger partial charge in [-0.05, 0) is 42.8 Å². The molecule has 2 aromatic heterocycles. The predicted molar refractivity (Wildman–Crippen MR) is 101 cm³/mol. The summed E-state index contributed by atoms with van der Waals surface area (Å²) in [4.78, 5) is 20.7. The number of pyridine rings is 2. The molecular weight excluding hydrogens is 328 g/mol. The van der Waals surface area contributed by atoms with Gasteiger partial charge in [0.2, 0.25) is 0 Å². The van der Waals surface area contributed by atoms with E-state index < -0.39 is 0 Å². The van der Waals surface area contributed by atoms with Crippen molar-refractivity contribution in [2.75, 3.05) is 12.4 Å². The highest BCUT2D eigenvalue weighted by molar-refractivity contribution is 5.94. The van der Waals surface area contributed by atoms with Crippen molar-refractivity contribution in [2.24, 2.45) is 0 Å². The topological polar surface area (TPSA) is 76.1 Å². The maximum absolute atomic E-state index is 12.4. The normalized spacial score (nSPS) is 10.2. The minimum absolute atomic E-state index is 0.206. The minimum atomic E-state index is -0.206. The molecule has 0 spiro atoms. The molecule has 1 aromatic carbocycles. The Morgan fingerprint density at radius 1 is 1.15 bits per heavy atom. The Hall–Kier alpha value is -3.41. The number of aryl methyl sites for hydroxylation is 1. The molecular formula is C20H20N4O2. The van der Waals surface area contributed by atoms with Crippen molar-refractivity contribution in [3.8, 4) is 5.75 Å². The fraction of sp³-hybridized carbons (Fsp3) is 0.150. The van der Waals surface area contributed by atoms with Gasteiger partial charge in [0.05, 0.1) is 42.5 Å². The van der Waals surface area contributed by atoms with Gasteiger partial charge in [0.1, 0.15) is 5.75 Å². The van der Waals surface area contributed by atoms with Gasteiger partial charge >= 0.3 is 0 Å². The number of carbonyl (C=O) groups excluding carboxylic acids is 1. The number of rotatable bonds is 6. The number of nitrogens with one attached hydrogen (secondary N) is 2. The SMILES string of the molecule is COc1ccc(C)cc1Nc1cncc(C(=O)NCc2ccccn2)c1. The molecule has 0 saturated carbocycles. The van der Waals surface area contributed by atoms with Gasteiger partial charge in [0, 0.05) is 12.4 Å². The van der Waals surface area contributed by atoms with Crippen molar-refractivity contribution in [2.45, 2.75) is 13.5 Å². The van der Waals surface area contributed by atoms with Crippen LogP contribution in [0.5, 0.6) is 5.75 Å². The molecule has 0 bridgehead atoms. The molecule has 26 heavy (non-hydrogen) atoms. The molecule has 0 aliphatic carbocycles. The Balaban J connectivity index is 1.72. The van der Waals surface area contributed by atoms with E-state index in [1.807, 2.05) is 43.3 Å². The number of carbonyl (C=O) groups is 1. The highest BCUT2D eigenvalue weighted by atomic mass is 16.5. The lowest BCUT2D eigenvalue weighted by atomic mass is 10.2. The summed E-state index contributed by atoms with van der Waals surface area (Å²) in [5, 5.41) is 6.10. The first-order chi connectivity index (χ1) is 12.7. The van der Waals surface area contributed by atoms with Crippen LogP contribution in [0.4, 0.5) is 11.4 Å². The number of aromatic nitrogens is 2. The Bertz CT molecular complexity index is 897. The molecule has 1 amide bonds. The Labute approximate surface area is 152 Å². The van der Waals surface area contributed by atoms with E-state index in [4.69, 9.17) is 4.74 Å². The molecule has 2 heterocycles. The molecule has 0 fully saturated rings. The Kier molecular flexibility index (Phi) is 5.43. The summed E-state index contributed by atoms with van der Waals surface area (Å²) in [7, 11) is 1.62. The third kappa shape index (κ3) is 4.36. The van der Waals surface area contributed by atoms with Crippen LogP contribution in [0.2, 0.25) is 0 Å². The lowest BCUT2D eigenvalue weighted by molar-refractivity contribution is 0.0950. The average molecular weight is 348 g/mol. The van der Waals surface area contributed by atoms with Crippen molar-refractivity contribution >= 4 is 17.3 Å². The molecule has 0 aliphatic rings. The molecule has 0 atom stereocenters. The zero-order valence-corrected chi connectivity index (χ0v) is 14.7. The van der Waals surface area contributed by atoms with E-state index in [1.54, 1.807) is 25.6 Å². The number of hydrogen-bond donors (Lipinski definition) is 2. The van der Waals surface area contributed by atoms with Gasteiger partial charge in [0.25, 0.3) is 5.91 Å². The number of anilines is 2. The molecule has 0 aliphatic heterocycles. The van der Waals surface area contributed by atoms with Crippen LogP contribution in [0.1, 0.15) is 21.6 Å². The van der Waals surface area contributed by atoms with Crippen LogP contribution in [0.25, 0.3) is 0 Å². The molecule has 6 nitrogen and oxygen atoms in total. The Morgan fingerprint density at radius 3 is 2.81 bits per heavy atom. The molecule has 0 saturated heterocycles. The van der Waals surface area contributed by atoms with Crippen LogP contribution in [-0.4, -0.2) is 23.0 Å². The standard InChI is InChI=1S/C20H20N4O2/c1-14-6-7-19(26-2)18(9-14)24-17-10-15(11-21-12-17)20(25)23-13-16-5-3-4-8-22-16/h3-12,24H,13H2,1-2H3,(H,23,25). The molecule has 3 aromatic rings. The summed E-state index contributed by atoms with van der Waals surface area (Å²) in [6.07, 6.45) is 4.90.